The molecule has 2 bridgehead atoms. The van der Waals surface area contributed by atoms with Gasteiger partial charge in [0, 0.05) is 30.1 Å². The molecule has 3 heterocycles. The van der Waals surface area contributed by atoms with Crippen LogP contribution in [0, 0.1) is 5.92 Å². The number of likely N-dealkylation sites (tertiary alicyclic amines) is 1. The molecule has 1 aromatic heterocycles. The fraction of sp³-hybridized carbons (Fsp3) is 0.536. The van der Waals surface area contributed by atoms with E-state index in [0.717, 1.165) is 29.1 Å². The van der Waals surface area contributed by atoms with Gasteiger partial charge in [0.15, 0.2) is 11.5 Å². The van der Waals surface area contributed by atoms with Crippen LogP contribution in [0.3, 0.4) is 0 Å². The van der Waals surface area contributed by atoms with Crippen LogP contribution < -0.4 is 4.74 Å². The number of phenols is 1. The Balaban J connectivity index is 1.30. The first-order chi connectivity index (χ1) is 17.3. The number of piperidine rings is 1. The van der Waals surface area contributed by atoms with Crippen LogP contribution in [0.1, 0.15) is 54.2 Å². The van der Waals surface area contributed by atoms with Crippen molar-refractivity contribution >= 4 is 23.3 Å². The van der Waals surface area contributed by atoms with E-state index in [1.807, 2.05) is 23.6 Å². The molecule has 3 aliphatic carbocycles. The van der Waals surface area contributed by atoms with E-state index < -0.39 is 29.3 Å². The van der Waals surface area contributed by atoms with Gasteiger partial charge >= 0.3 is 0 Å². The third-order valence-corrected chi connectivity index (χ3v) is 10.4. The summed E-state index contributed by atoms with van der Waals surface area (Å²) in [5.41, 5.74) is -0.490. The number of amides is 1. The lowest BCUT2D eigenvalue weighted by molar-refractivity contribution is -0.223. The molecular formula is C28H32N2O5S. The number of aliphatic hydroxyl groups is 2. The summed E-state index contributed by atoms with van der Waals surface area (Å²) in [5.74, 6) is 0.914. The lowest BCUT2D eigenvalue weighted by Crippen LogP contribution is -2.79. The van der Waals surface area contributed by atoms with Crippen molar-refractivity contribution in [2.24, 2.45) is 5.92 Å². The molecule has 2 aliphatic heterocycles. The number of aromatic hydroxyl groups is 1. The maximum Gasteiger partial charge on any atom is 0.246 e. The van der Waals surface area contributed by atoms with Gasteiger partial charge in [0.1, 0.15) is 6.10 Å². The molecule has 1 amide bonds. The van der Waals surface area contributed by atoms with E-state index in [1.165, 1.54) is 12.8 Å². The molecule has 190 valence electrons. The van der Waals surface area contributed by atoms with Crippen LogP contribution in [-0.4, -0.2) is 75.0 Å². The van der Waals surface area contributed by atoms with Gasteiger partial charge in [0.05, 0.1) is 29.2 Å². The molecule has 2 saturated carbocycles. The number of benzene rings is 1. The van der Waals surface area contributed by atoms with Crippen LogP contribution in [0.5, 0.6) is 11.5 Å². The summed E-state index contributed by atoms with van der Waals surface area (Å²) >= 11 is 1.58. The van der Waals surface area contributed by atoms with Gasteiger partial charge in [-0.3, -0.25) is 9.69 Å². The van der Waals surface area contributed by atoms with E-state index >= 15 is 0 Å². The van der Waals surface area contributed by atoms with Gasteiger partial charge in [-0.25, -0.2) is 0 Å². The lowest BCUT2D eigenvalue weighted by Gasteiger charge is -2.65. The highest BCUT2D eigenvalue weighted by Crippen LogP contribution is 2.67. The zero-order chi connectivity index (χ0) is 24.8. The molecule has 3 N–H and O–H groups in total. The summed E-state index contributed by atoms with van der Waals surface area (Å²) in [4.78, 5) is 18.3. The molecule has 7 rings (SSSR count). The van der Waals surface area contributed by atoms with Crippen molar-refractivity contribution in [2.75, 3.05) is 20.1 Å². The van der Waals surface area contributed by atoms with Crippen molar-refractivity contribution < 1.29 is 24.9 Å². The van der Waals surface area contributed by atoms with Crippen LogP contribution in [0.2, 0.25) is 0 Å². The molecule has 6 atom stereocenters. The van der Waals surface area contributed by atoms with Gasteiger partial charge in [-0.05, 0) is 73.7 Å². The maximum atomic E-state index is 13.2. The molecule has 0 radical (unpaired) electrons. The fourth-order valence-corrected chi connectivity index (χ4v) is 8.35. The SMILES string of the molecule is CN(C(=O)/C=C/c1cccs1)[C@@H]1CC[C@@]2(O)[C@H]3[C@@H](O)c4ccc(O)c5c4[C@@]2(CCN3CC2CC2)[C@H]1O5. The monoisotopic (exact) mass is 508 g/mol. The number of rotatable bonds is 5. The Bertz CT molecular complexity index is 1240. The quantitative estimate of drug-likeness (QED) is 0.538. The topological polar surface area (TPSA) is 93.5 Å². The smallest absolute Gasteiger partial charge is 0.246 e. The van der Waals surface area contributed by atoms with Crippen LogP contribution in [0.15, 0.2) is 35.7 Å². The Hall–Kier alpha value is -2.39. The molecule has 7 nitrogen and oxygen atoms in total. The normalized spacial score (nSPS) is 36.5. The number of carbonyl (C=O) groups excluding carboxylic acids is 1. The zero-order valence-electron chi connectivity index (χ0n) is 20.3. The number of likely N-dealkylation sites (N-methyl/N-ethyl adjacent to an activating group) is 1. The molecule has 1 saturated heterocycles. The van der Waals surface area contributed by atoms with Crippen molar-refractivity contribution in [3.8, 4) is 11.5 Å². The molecule has 36 heavy (non-hydrogen) atoms. The second kappa shape index (κ2) is 7.81. The van der Waals surface area contributed by atoms with Crippen LogP contribution in [0.4, 0.5) is 0 Å². The predicted octanol–water partition coefficient (Wildman–Crippen LogP) is 3.05. The Labute approximate surface area is 214 Å². The highest BCUT2D eigenvalue weighted by molar-refractivity contribution is 7.10. The van der Waals surface area contributed by atoms with Crippen molar-refractivity contribution in [2.45, 2.75) is 67.4 Å². The van der Waals surface area contributed by atoms with E-state index in [-0.39, 0.29) is 17.7 Å². The Morgan fingerprint density at radius 2 is 2.11 bits per heavy atom. The minimum Gasteiger partial charge on any atom is -0.504 e. The number of nitrogens with zero attached hydrogens (tertiary/aromatic N) is 2. The maximum absolute atomic E-state index is 13.2. The van der Waals surface area contributed by atoms with Gasteiger partial charge in [0.25, 0.3) is 0 Å². The lowest BCUT2D eigenvalue weighted by atomic mass is 9.47. The standard InChI is InChI=1S/C28H32N2O5S/c1-29(21(32)9-6-17-3-2-14-36-17)19-10-11-28(34)25-23(33)18-7-8-20(31)24-22(18)27(28,26(19)35-24)12-13-30(25)15-16-4-5-16/h2-3,6-9,14,16,19,23,25-26,31,33-34H,4-5,10-13,15H2,1H3/b9-6+/t19-,23+,25-,26+,27+,28-/m1/s1. The van der Waals surface area contributed by atoms with Crippen molar-refractivity contribution in [3.05, 3.63) is 51.7 Å². The number of phenolic OH excluding ortho intramolecular Hbond substituents is 1. The van der Waals surface area contributed by atoms with Crippen molar-refractivity contribution in [1.82, 2.24) is 9.80 Å². The second-order valence-electron chi connectivity index (χ2n) is 11.3. The first-order valence-electron chi connectivity index (χ1n) is 13.0. The second-order valence-corrected chi connectivity index (χ2v) is 12.3. The predicted molar refractivity (Wildman–Crippen MR) is 136 cm³/mol. The van der Waals surface area contributed by atoms with Gasteiger partial charge in [0.2, 0.25) is 5.91 Å². The molecule has 1 spiro atoms. The number of carbonyl (C=O) groups is 1. The van der Waals surface area contributed by atoms with E-state index in [2.05, 4.69) is 4.90 Å². The van der Waals surface area contributed by atoms with Crippen LogP contribution in [0.25, 0.3) is 6.08 Å². The average molecular weight is 509 g/mol. The third-order valence-electron chi connectivity index (χ3n) is 9.55. The fourth-order valence-electron chi connectivity index (χ4n) is 7.74. The number of aliphatic hydroxyl groups excluding tert-OH is 1. The number of hydrogen-bond acceptors (Lipinski definition) is 7. The zero-order valence-corrected chi connectivity index (χ0v) is 21.2. The molecule has 3 fully saturated rings. The third kappa shape index (κ3) is 2.93. The number of ether oxygens (including phenoxy) is 1. The molecule has 1 aromatic carbocycles. The van der Waals surface area contributed by atoms with Gasteiger partial charge < -0.3 is 25.0 Å². The Morgan fingerprint density at radius 1 is 1.28 bits per heavy atom. The summed E-state index contributed by atoms with van der Waals surface area (Å²) in [5, 5.41) is 37.0. The average Bonchev–Trinajstić information content (AvgIpc) is 3.38. The van der Waals surface area contributed by atoms with E-state index in [1.54, 1.807) is 41.5 Å². The summed E-state index contributed by atoms with van der Waals surface area (Å²) in [7, 11) is 1.80. The molecular weight excluding hydrogens is 476 g/mol. The minimum absolute atomic E-state index is 0.0243. The van der Waals surface area contributed by atoms with Crippen molar-refractivity contribution in [3.63, 3.8) is 0 Å². The Kier molecular flexibility index (Phi) is 4.94. The van der Waals surface area contributed by atoms with Crippen LogP contribution in [-0.2, 0) is 10.2 Å². The van der Waals surface area contributed by atoms with E-state index in [9.17, 15) is 20.1 Å². The molecule has 0 unspecified atom stereocenters. The van der Waals surface area contributed by atoms with E-state index in [0.29, 0.717) is 30.9 Å². The van der Waals surface area contributed by atoms with E-state index in [4.69, 9.17) is 4.74 Å². The molecule has 8 heteroatoms. The van der Waals surface area contributed by atoms with Gasteiger partial charge in [-0.15, -0.1) is 11.3 Å². The first kappa shape index (κ1) is 22.8. The highest BCUT2D eigenvalue weighted by atomic mass is 32.1. The Morgan fingerprint density at radius 3 is 2.86 bits per heavy atom. The molecule has 2 aromatic rings. The number of hydrogen-bond donors (Lipinski definition) is 3. The van der Waals surface area contributed by atoms with Gasteiger partial charge in [-0.2, -0.15) is 0 Å². The summed E-state index contributed by atoms with van der Waals surface area (Å²) < 4.78 is 6.53. The van der Waals surface area contributed by atoms with Crippen LogP contribution >= 0.6 is 11.3 Å². The first-order valence-corrected chi connectivity index (χ1v) is 13.9. The largest absolute Gasteiger partial charge is 0.504 e. The minimum atomic E-state index is -1.20. The van der Waals surface area contributed by atoms with Crippen molar-refractivity contribution in [1.29, 1.82) is 0 Å². The summed E-state index contributed by atoms with van der Waals surface area (Å²) in [6, 6.07) is 6.61. The summed E-state index contributed by atoms with van der Waals surface area (Å²) in [6.07, 6.45) is 6.17. The highest BCUT2D eigenvalue weighted by Gasteiger charge is 2.75. The molecule has 5 aliphatic rings. The van der Waals surface area contributed by atoms with Gasteiger partial charge in [-0.1, -0.05) is 12.1 Å². The summed E-state index contributed by atoms with van der Waals surface area (Å²) in [6.45, 7) is 1.64. The number of thiophene rings is 1.